The number of ether oxygens (including phenoxy) is 2. The Balaban J connectivity index is 1.61. The highest BCUT2D eigenvalue weighted by Crippen LogP contribution is 2.28. The lowest BCUT2D eigenvalue weighted by atomic mass is 10.1. The zero-order valence-electron chi connectivity index (χ0n) is 17.1. The molecular weight excluding hydrogens is 370 g/mol. The van der Waals surface area contributed by atoms with Gasteiger partial charge in [-0.1, -0.05) is 6.92 Å². The Bertz CT molecular complexity index is 859. The third kappa shape index (κ3) is 4.80. The molecule has 0 unspecified atom stereocenters. The maximum atomic E-state index is 12.5. The van der Waals surface area contributed by atoms with Crippen LogP contribution in [0.4, 0.5) is 11.4 Å². The summed E-state index contributed by atoms with van der Waals surface area (Å²) in [5, 5.41) is 2.90. The summed E-state index contributed by atoms with van der Waals surface area (Å²) >= 11 is 0. The fraction of sp³-hybridized carbons (Fsp3) is 0.364. The van der Waals surface area contributed by atoms with Crippen molar-refractivity contribution in [1.29, 1.82) is 0 Å². The number of nitrogens with one attached hydrogen (secondary N) is 1. The van der Waals surface area contributed by atoms with Crippen molar-refractivity contribution in [2.75, 3.05) is 50.6 Å². The van der Waals surface area contributed by atoms with Crippen LogP contribution in [0.25, 0.3) is 0 Å². The second-order valence-electron chi connectivity index (χ2n) is 6.79. The number of rotatable bonds is 6. The minimum absolute atomic E-state index is 0.206. The van der Waals surface area contributed by atoms with Gasteiger partial charge in [-0.25, -0.2) is 0 Å². The molecule has 3 rings (SSSR count). The van der Waals surface area contributed by atoms with Crippen LogP contribution in [0.15, 0.2) is 42.5 Å². The van der Waals surface area contributed by atoms with Crippen LogP contribution < -0.4 is 19.7 Å². The molecule has 7 heteroatoms. The van der Waals surface area contributed by atoms with E-state index < -0.39 is 0 Å². The molecule has 1 N–H and O–H groups in total. The van der Waals surface area contributed by atoms with E-state index in [0.717, 1.165) is 31.9 Å². The minimum Gasteiger partial charge on any atom is -0.493 e. The molecule has 1 aliphatic rings. The highest BCUT2D eigenvalue weighted by molar-refractivity contribution is 6.04. The molecule has 1 heterocycles. The molecule has 0 bridgehead atoms. The van der Waals surface area contributed by atoms with Crippen molar-refractivity contribution in [2.24, 2.45) is 0 Å². The maximum Gasteiger partial charge on any atom is 0.255 e. The lowest BCUT2D eigenvalue weighted by Gasteiger charge is -2.36. The molecule has 1 aliphatic heterocycles. The molecule has 0 saturated carbocycles. The molecular formula is C22H27N3O4. The largest absolute Gasteiger partial charge is 0.493 e. The lowest BCUT2D eigenvalue weighted by molar-refractivity contribution is -0.131. The first kappa shape index (κ1) is 20.5. The summed E-state index contributed by atoms with van der Waals surface area (Å²) in [6.45, 7) is 4.99. The smallest absolute Gasteiger partial charge is 0.255 e. The van der Waals surface area contributed by atoms with Gasteiger partial charge < -0.3 is 24.6 Å². The first-order valence-corrected chi connectivity index (χ1v) is 9.72. The summed E-state index contributed by atoms with van der Waals surface area (Å²) in [4.78, 5) is 28.5. The summed E-state index contributed by atoms with van der Waals surface area (Å²) in [5.74, 6) is 1.08. The first-order chi connectivity index (χ1) is 14.0. The Labute approximate surface area is 171 Å². The number of amides is 2. The molecule has 0 aromatic heterocycles. The van der Waals surface area contributed by atoms with Crippen molar-refractivity contribution in [2.45, 2.75) is 13.3 Å². The Morgan fingerprint density at radius 1 is 0.931 bits per heavy atom. The summed E-state index contributed by atoms with van der Waals surface area (Å²) in [6, 6.07) is 12.8. The van der Waals surface area contributed by atoms with Crippen molar-refractivity contribution in [3.05, 3.63) is 48.0 Å². The SMILES string of the molecule is CCC(=O)N1CCN(c2ccc(NC(=O)c3ccc(OC)c(OC)c3)cc2)CC1. The van der Waals surface area contributed by atoms with Crippen molar-refractivity contribution < 1.29 is 19.1 Å². The lowest BCUT2D eigenvalue weighted by Crippen LogP contribution is -2.48. The molecule has 2 amide bonds. The molecule has 7 nitrogen and oxygen atoms in total. The Hall–Kier alpha value is -3.22. The second-order valence-corrected chi connectivity index (χ2v) is 6.79. The van der Waals surface area contributed by atoms with E-state index in [0.29, 0.717) is 29.2 Å². The van der Waals surface area contributed by atoms with Crippen LogP contribution in [0.2, 0.25) is 0 Å². The number of benzene rings is 2. The molecule has 29 heavy (non-hydrogen) atoms. The predicted octanol–water partition coefficient (Wildman–Crippen LogP) is 3.01. The number of hydrogen-bond donors (Lipinski definition) is 1. The quantitative estimate of drug-likeness (QED) is 0.811. The van der Waals surface area contributed by atoms with Gasteiger partial charge in [0.1, 0.15) is 0 Å². The number of anilines is 2. The van der Waals surface area contributed by atoms with Crippen LogP contribution in [-0.2, 0) is 4.79 Å². The number of carbonyl (C=O) groups is 2. The van der Waals surface area contributed by atoms with Gasteiger partial charge in [-0.3, -0.25) is 9.59 Å². The summed E-state index contributed by atoms with van der Waals surface area (Å²) in [5.41, 5.74) is 2.29. The van der Waals surface area contributed by atoms with Gasteiger partial charge in [0.25, 0.3) is 5.91 Å². The van der Waals surface area contributed by atoms with Gasteiger partial charge in [0, 0.05) is 49.5 Å². The zero-order valence-corrected chi connectivity index (χ0v) is 17.1. The summed E-state index contributed by atoms with van der Waals surface area (Å²) < 4.78 is 10.5. The molecule has 1 fully saturated rings. The monoisotopic (exact) mass is 397 g/mol. The minimum atomic E-state index is -0.217. The average Bonchev–Trinajstić information content (AvgIpc) is 2.78. The van der Waals surface area contributed by atoms with E-state index >= 15 is 0 Å². The fourth-order valence-electron chi connectivity index (χ4n) is 3.37. The van der Waals surface area contributed by atoms with Crippen LogP contribution in [0.1, 0.15) is 23.7 Å². The average molecular weight is 397 g/mol. The zero-order chi connectivity index (χ0) is 20.8. The van der Waals surface area contributed by atoms with Crippen LogP contribution in [0.3, 0.4) is 0 Å². The number of nitrogens with zero attached hydrogens (tertiary/aromatic N) is 2. The van der Waals surface area contributed by atoms with Gasteiger partial charge in [-0.15, -0.1) is 0 Å². The van der Waals surface area contributed by atoms with Gasteiger partial charge in [-0.2, -0.15) is 0 Å². The molecule has 0 aliphatic carbocycles. The first-order valence-electron chi connectivity index (χ1n) is 9.72. The van der Waals surface area contributed by atoms with E-state index in [4.69, 9.17) is 9.47 Å². The molecule has 0 atom stereocenters. The van der Waals surface area contributed by atoms with Crippen molar-refractivity contribution in [3.8, 4) is 11.5 Å². The van der Waals surface area contributed by atoms with Crippen LogP contribution >= 0.6 is 0 Å². The second kappa shape index (κ2) is 9.32. The van der Waals surface area contributed by atoms with Gasteiger partial charge in [0.2, 0.25) is 5.91 Å². The van der Waals surface area contributed by atoms with Crippen LogP contribution in [-0.4, -0.2) is 57.1 Å². The van der Waals surface area contributed by atoms with Crippen LogP contribution in [0.5, 0.6) is 11.5 Å². The van der Waals surface area contributed by atoms with Crippen molar-refractivity contribution in [3.63, 3.8) is 0 Å². The Kier molecular flexibility index (Phi) is 6.59. The molecule has 1 saturated heterocycles. The highest BCUT2D eigenvalue weighted by Gasteiger charge is 2.20. The van der Waals surface area contributed by atoms with E-state index in [1.54, 1.807) is 25.3 Å². The number of methoxy groups -OCH3 is 2. The third-order valence-electron chi connectivity index (χ3n) is 5.07. The fourth-order valence-corrected chi connectivity index (χ4v) is 3.37. The number of carbonyl (C=O) groups excluding carboxylic acids is 2. The third-order valence-corrected chi connectivity index (χ3v) is 5.07. The van der Waals surface area contributed by atoms with Crippen molar-refractivity contribution >= 4 is 23.2 Å². The number of hydrogen-bond acceptors (Lipinski definition) is 5. The molecule has 2 aromatic carbocycles. The Morgan fingerprint density at radius 3 is 2.17 bits per heavy atom. The van der Waals surface area contributed by atoms with Crippen LogP contribution in [0, 0.1) is 0 Å². The van der Waals surface area contributed by atoms with E-state index in [2.05, 4.69) is 10.2 Å². The molecule has 0 radical (unpaired) electrons. The van der Waals surface area contributed by atoms with Gasteiger partial charge in [-0.05, 0) is 42.5 Å². The molecule has 2 aromatic rings. The maximum absolute atomic E-state index is 12.5. The van der Waals surface area contributed by atoms with E-state index in [1.165, 1.54) is 7.11 Å². The predicted molar refractivity (Wildman–Crippen MR) is 113 cm³/mol. The van der Waals surface area contributed by atoms with Gasteiger partial charge >= 0.3 is 0 Å². The standard InChI is InChI=1S/C22H27N3O4/c1-4-21(26)25-13-11-24(12-14-25)18-8-6-17(7-9-18)23-22(27)16-5-10-19(28-2)20(15-16)29-3/h5-10,15H,4,11-14H2,1-3H3,(H,23,27). The van der Waals surface area contributed by atoms with Crippen molar-refractivity contribution in [1.82, 2.24) is 4.90 Å². The highest BCUT2D eigenvalue weighted by atomic mass is 16.5. The Morgan fingerprint density at radius 2 is 1.59 bits per heavy atom. The number of piperazine rings is 1. The summed E-state index contributed by atoms with van der Waals surface area (Å²) in [7, 11) is 3.09. The topological polar surface area (TPSA) is 71.1 Å². The van der Waals surface area contributed by atoms with Gasteiger partial charge in [0.05, 0.1) is 14.2 Å². The normalized spacial score (nSPS) is 13.8. The van der Waals surface area contributed by atoms with E-state index in [9.17, 15) is 9.59 Å². The molecule has 0 spiro atoms. The van der Waals surface area contributed by atoms with E-state index in [1.807, 2.05) is 36.1 Å². The summed E-state index contributed by atoms with van der Waals surface area (Å²) in [6.07, 6.45) is 0.550. The van der Waals surface area contributed by atoms with Gasteiger partial charge in [0.15, 0.2) is 11.5 Å². The molecule has 154 valence electrons. The van der Waals surface area contributed by atoms with E-state index in [-0.39, 0.29) is 11.8 Å².